The Morgan fingerprint density at radius 1 is 1.33 bits per heavy atom. The molecule has 18 heavy (non-hydrogen) atoms. The highest BCUT2D eigenvalue weighted by Crippen LogP contribution is 2.40. The molecule has 4 heteroatoms. The summed E-state index contributed by atoms with van der Waals surface area (Å²) in [6.07, 6.45) is 3.20. The lowest BCUT2D eigenvalue weighted by Crippen LogP contribution is -2.28. The average Bonchev–Trinajstić information content (AvgIpc) is 3.14. The minimum absolute atomic E-state index is 0.0914. The Bertz CT molecular complexity index is 559. The number of nitrogens with zero attached hydrogens (tertiary/aromatic N) is 2. The summed E-state index contributed by atoms with van der Waals surface area (Å²) in [5.74, 6) is 0.447. The number of benzene rings is 1. The first-order valence-electron chi connectivity index (χ1n) is 6.06. The average molecular weight is 248 g/mol. The van der Waals surface area contributed by atoms with Gasteiger partial charge in [0.25, 0.3) is 0 Å². The monoisotopic (exact) mass is 248 g/mol. The molecule has 1 aliphatic heterocycles. The maximum atomic E-state index is 13.8. The first-order chi connectivity index (χ1) is 8.58. The Labute approximate surface area is 105 Å². The van der Waals surface area contributed by atoms with E-state index in [2.05, 4.69) is 11.6 Å². The van der Waals surface area contributed by atoms with E-state index in [-0.39, 0.29) is 11.3 Å². The second-order valence-corrected chi connectivity index (χ2v) is 4.93. The number of hydrogen-bond acceptors (Lipinski definition) is 2. The SMILES string of the molecule is C=C1c2c(F)ccc(F)c2N=C(CC2CC2)N1C. The fraction of sp³-hybridized carbons (Fsp3) is 0.357. The van der Waals surface area contributed by atoms with Crippen LogP contribution < -0.4 is 0 Å². The van der Waals surface area contributed by atoms with Crippen LogP contribution in [0.1, 0.15) is 24.8 Å². The van der Waals surface area contributed by atoms with Crippen LogP contribution in [0.25, 0.3) is 5.70 Å². The van der Waals surface area contributed by atoms with Crippen molar-refractivity contribution < 1.29 is 8.78 Å². The van der Waals surface area contributed by atoms with Gasteiger partial charge in [-0.05, 0) is 30.9 Å². The van der Waals surface area contributed by atoms with E-state index in [1.54, 1.807) is 11.9 Å². The van der Waals surface area contributed by atoms with Gasteiger partial charge >= 0.3 is 0 Å². The van der Waals surface area contributed by atoms with Crippen LogP contribution in [0.2, 0.25) is 0 Å². The number of fused-ring (bicyclic) bond motifs is 1. The van der Waals surface area contributed by atoms with Crippen molar-refractivity contribution in [3.63, 3.8) is 0 Å². The van der Waals surface area contributed by atoms with Gasteiger partial charge in [-0.25, -0.2) is 13.8 Å². The third-order valence-electron chi connectivity index (χ3n) is 3.57. The summed E-state index contributed by atoms with van der Waals surface area (Å²) in [6.45, 7) is 3.85. The van der Waals surface area contributed by atoms with Gasteiger partial charge in [-0.2, -0.15) is 0 Å². The van der Waals surface area contributed by atoms with Gasteiger partial charge in [-0.15, -0.1) is 0 Å². The Morgan fingerprint density at radius 2 is 2.00 bits per heavy atom. The lowest BCUT2D eigenvalue weighted by atomic mass is 10.0. The highest BCUT2D eigenvalue weighted by atomic mass is 19.1. The Morgan fingerprint density at radius 3 is 2.67 bits per heavy atom. The van der Waals surface area contributed by atoms with Crippen LogP contribution in [0.4, 0.5) is 14.5 Å². The van der Waals surface area contributed by atoms with Crippen LogP contribution in [0, 0.1) is 17.6 Å². The maximum Gasteiger partial charge on any atom is 0.149 e. The van der Waals surface area contributed by atoms with Crippen LogP contribution >= 0.6 is 0 Å². The third-order valence-corrected chi connectivity index (χ3v) is 3.57. The molecular formula is C14H14F2N2. The highest BCUT2D eigenvalue weighted by Gasteiger charge is 2.30. The van der Waals surface area contributed by atoms with Gasteiger partial charge < -0.3 is 4.90 Å². The molecule has 0 saturated heterocycles. The van der Waals surface area contributed by atoms with Crippen molar-refractivity contribution in [3.8, 4) is 0 Å². The van der Waals surface area contributed by atoms with Gasteiger partial charge in [0, 0.05) is 19.2 Å². The Kier molecular flexibility index (Phi) is 2.47. The zero-order chi connectivity index (χ0) is 12.9. The van der Waals surface area contributed by atoms with Gasteiger partial charge in [0.05, 0.1) is 5.56 Å². The highest BCUT2D eigenvalue weighted by molar-refractivity contribution is 5.97. The molecule has 1 aliphatic carbocycles. The molecule has 2 aliphatic rings. The first kappa shape index (κ1) is 11.4. The van der Waals surface area contributed by atoms with E-state index in [4.69, 9.17) is 0 Å². The molecule has 1 aromatic carbocycles. The largest absolute Gasteiger partial charge is 0.333 e. The summed E-state index contributed by atoms with van der Waals surface area (Å²) in [5.41, 5.74) is 0.749. The van der Waals surface area contributed by atoms with Crippen LogP contribution in [0.15, 0.2) is 23.7 Å². The second kappa shape index (κ2) is 3.90. The quantitative estimate of drug-likeness (QED) is 0.779. The lowest BCUT2D eigenvalue weighted by Gasteiger charge is -2.29. The zero-order valence-electron chi connectivity index (χ0n) is 10.2. The molecule has 1 heterocycles. The Hall–Kier alpha value is -1.71. The molecule has 3 rings (SSSR count). The molecule has 2 nitrogen and oxygen atoms in total. The molecule has 0 N–H and O–H groups in total. The molecule has 0 atom stereocenters. The van der Waals surface area contributed by atoms with Crippen molar-refractivity contribution in [1.29, 1.82) is 0 Å². The van der Waals surface area contributed by atoms with E-state index in [0.29, 0.717) is 11.6 Å². The number of rotatable bonds is 2. The van der Waals surface area contributed by atoms with Crippen molar-refractivity contribution >= 4 is 17.2 Å². The number of halogens is 2. The van der Waals surface area contributed by atoms with Crippen LogP contribution in [0.5, 0.6) is 0 Å². The predicted octanol–water partition coefficient (Wildman–Crippen LogP) is 3.71. The zero-order valence-corrected chi connectivity index (χ0v) is 10.2. The van der Waals surface area contributed by atoms with Crippen LogP contribution in [-0.4, -0.2) is 17.8 Å². The van der Waals surface area contributed by atoms with Gasteiger partial charge in [0.2, 0.25) is 0 Å². The van der Waals surface area contributed by atoms with E-state index in [1.165, 1.54) is 12.8 Å². The smallest absolute Gasteiger partial charge is 0.149 e. The molecule has 1 fully saturated rings. The minimum Gasteiger partial charge on any atom is -0.333 e. The molecular weight excluding hydrogens is 234 g/mol. The van der Waals surface area contributed by atoms with Crippen molar-refractivity contribution in [2.45, 2.75) is 19.3 Å². The standard InChI is InChI=1S/C14H14F2N2/c1-8-13-10(15)5-6-11(16)14(13)17-12(18(8)2)7-9-3-4-9/h5-6,9H,1,3-4,7H2,2H3. The third kappa shape index (κ3) is 1.72. The number of aliphatic imine (C=N–C) groups is 1. The number of amidine groups is 1. The van der Waals surface area contributed by atoms with Crippen molar-refractivity contribution in [1.82, 2.24) is 4.90 Å². The normalized spacial score (nSPS) is 18.7. The molecule has 0 unspecified atom stereocenters. The van der Waals surface area contributed by atoms with E-state index in [0.717, 1.165) is 24.4 Å². The lowest BCUT2D eigenvalue weighted by molar-refractivity contribution is 0.582. The van der Waals surface area contributed by atoms with E-state index in [1.807, 2.05) is 0 Å². The summed E-state index contributed by atoms with van der Waals surface area (Å²) >= 11 is 0. The number of hydrogen-bond donors (Lipinski definition) is 0. The van der Waals surface area contributed by atoms with Gasteiger partial charge in [-0.3, -0.25) is 0 Å². The van der Waals surface area contributed by atoms with Crippen molar-refractivity contribution in [3.05, 3.63) is 35.9 Å². The molecule has 1 saturated carbocycles. The molecule has 0 spiro atoms. The van der Waals surface area contributed by atoms with Crippen molar-refractivity contribution in [2.75, 3.05) is 7.05 Å². The van der Waals surface area contributed by atoms with Crippen molar-refractivity contribution in [2.24, 2.45) is 10.9 Å². The first-order valence-corrected chi connectivity index (χ1v) is 6.06. The predicted molar refractivity (Wildman–Crippen MR) is 67.6 cm³/mol. The summed E-state index contributed by atoms with van der Waals surface area (Å²) < 4.78 is 27.5. The summed E-state index contributed by atoms with van der Waals surface area (Å²) in [5, 5.41) is 0. The van der Waals surface area contributed by atoms with Crippen LogP contribution in [-0.2, 0) is 0 Å². The fourth-order valence-corrected chi connectivity index (χ4v) is 2.22. The van der Waals surface area contributed by atoms with Crippen LogP contribution in [0.3, 0.4) is 0 Å². The topological polar surface area (TPSA) is 15.6 Å². The molecule has 0 radical (unpaired) electrons. The van der Waals surface area contributed by atoms with E-state index in [9.17, 15) is 8.78 Å². The van der Waals surface area contributed by atoms with Gasteiger partial charge in [-0.1, -0.05) is 6.58 Å². The molecule has 0 bridgehead atoms. The Balaban J connectivity index is 2.11. The molecule has 0 amide bonds. The molecule has 1 aromatic rings. The van der Waals surface area contributed by atoms with E-state index >= 15 is 0 Å². The maximum absolute atomic E-state index is 13.8. The second-order valence-electron chi connectivity index (χ2n) is 4.93. The van der Waals surface area contributed by atoms with Gasteiger partial charge in [0.15, 0.2) is 0 Å². The summed E-state index contributed by atoms with van der Waals surface area (Å²) in [7, 11) is 1.80. The van der Waals surface area contributed by atoms with Gasteiger partial charge in [0.1, 0.15) is 23.2 Å². The summed E-state index contributed by atoms with van der Waals surface area (Å²) in [4.78, 5) is 6.05. The summed E-state index contributed by atoms with van der Waals surface area (Å²) in [6, 6.07) is 2.24. The minimum atomic E-state index is -0.492. The fourth-order valence-electron chi connectivity index (χ4n) is 2.22. The molecule has 94 valence electrons. The molecule has 0 aromatic heterocycles. The van der Waals surface area contributed by atoms with E-state index < -0.39 is 11.6 Å².